The van der Waals surface area contributed by atoms with E-state index in [-0.39, 0.29) is 11.2 Å². The van der Waals surface area contributed by atoms with Crippen molar-refractivity contribution in [3.8, 4) is 5.75 Å². The number of amides is 2. The van der Waals surface area contributed by atoms with Crippen LogP contribution in [-0.2, 0) is 4.74 Å². The Kier molecular flexibility index (Phi) is 7.06. The van der Waals surface area contributed by atoms with Gasteiger partial charge in [0.25, 0.3) is 5.91 Å². The molecule has 0 fully saturated rings. The maximum Gasteiger partial charge on any atom is 0.425 e. The fraction of sp³-hybridized carbons (Fsp3) is 0.308. The van der Waals surface area contributed by atoms with E-state index in [1.165, 1.54) is 7.11 Å². The van der Waals surface area contributed by atoms with Gasteiger partial charge in [0.15, 0.2) is 5.11 Å². The van der Waals surface area contributed by atoms with Crippen molar-refractivity contribution in [1.82, 2.24) is 16.2 Å². The highest BCUT2D eigenvalue weighted by Gasteiger charge is 2.12. The number of carbonyl (C=O) groups excluding carboxylic acids is 2. The summed E-state index contributed by atoms with van der Waals surface area (Å²) in [6.45, 7) is 3.82. The molecule has 9 heteroatoms. The molecular formula is C13H16BrN3O4S. The first-order valence-electron chi connectivity index (χ1n) is 6.25. The van der Waals surface area contributed by atoms with E-state index in [2.05, 4.69) is 36.8 Å². The molecule has 0 aliphatic carbocycles. The van der Waals surface area contributed by atoms with Crippen LogP contribution < -0.4 is 20.9 Å². The van der Waals surface area contributed by atoms with Gasteiger partial charge in [-0.25, -0.2) is 10.2 Å². The number of hydrazine groups is 1. The topological polar surface area (TPSA) is 88.7 Å². The summed E-state index contributed by atoms with van der Waals surface area (Å²) in [5.41, 5.74) is 4.84. The summed E-state index contributed by atoms with van der Waals surface area (Å²) in [5, 5.41) is 2.35. The molecule has 0 saturated heterocycles. The molecule has 0 heterocycles. The Morgan fingerprint density at radius 2 is 1.95 bits per heavy atom. The lowest BCUT2D eigenvalue weighted by atomic mass is 10.2. The van der Waals surface area contributed by atoms with E-state index in [1.807, 2.05) is 13.8 Å². The molecule has 22 heavy (non-hydrogen) atoms. The van der Waals surface area contributed by atoms with Crippen LogP contribution in [-0.4, -0.2) is 30.3 Å². The highest BCUT2D eigenvalue weighted by atomic mass is 79.9. The Bertz CT molecular complexity index is 580. The second-order valence-electron chi connectivity index (χ2n) is 4.34. The number of methoxy groups -OCH3 is 1. The van der Waals surface area contributed by atoms with Crippen molar-refractivity contribution in [3.63, 3.8) is 0 Å². The average molecular weight is 390 g/mol. The van der Waals surface area contributed by atoms with Gasteiger partial charge in [-0.3, -0.25) is 15.5 Å². The van der Waals surface area contributed by atoms with Crippen LogP contribution in [0.1, 0.15) is 24.2 Å². The van der Waals surface area contributed by atoms with Crippen molar-refractivity contribution in [3.05, 3.63) is 28.2 Å². The lowest BCUT2D eigenvalue weighted by molar-refractivity contribution is 0.0975. The first-order chi connectivity index (χ1) is 10.3. The Hall–Kier alpha value is -1.87. The lowest BCUT2D eigenvalue weighted by Crippen LogP contribution is -2.48. The van der Waals surface area contributed by atoms with E-state index in [4.69, 9.17) is 17.0 Å². The van der Waals surface area contributed by atoms with Crippen molar-refractivity contribution in [2.24, 2.45) is 0 Å². The zero-order valence-corrected chi connectivity index (χ0v) is 14.6. The van der Waals surface area contributed by atoms with E-state index in [1.54, 1.807) is 18.2 Å². The van der Waals surface area contributed by atoms with E-state index >= 15 is 0 Å². The smallest absolute Gasteiger partial charge is 0.425 e. The Morgan fingerprint density at radius 1 is 1.27 bits per heavy atom. The van der Waals surface area contributed by atoms with Crippen LogP contribution in [0.15, 0.2) is 22.7 Å². The van der Waals surface area contributed by atoms with Gasteiger partial charge in [-0.05, 0) is 60.2 Å². The summed E-state index contributed by atoms with van der Waals surface area (Å²) in [7, 11) is 1.21. The quantitative estimate of drug-likeness (QED) is 0.541. The van der Waals surface area contributed by atoms with Crippen molar-refractivity contribution < 1.29 is 19.1 Å². The van der Waals surface area contributed by atoms with Crippen LogP contribution in [0.5, 0.6) is 5.75 Å². The Labute approximate surface area is 141 Å². The lowest BCUT2D eigenvalue weighted by Gasteiger charge is -2.13. The molecule has 2 amide bonds. The predicted octanol–water partition coefficient (Wildman–Crippen LogP) is 2.11. The SMILES string of the molecule is COC(=O)NNC(=S)NC(=O)c1ccc(OC(C)C)c(Br)c1. The molecule has 0 aliphatic rings. The number of carbonyl (C=O) groups is 2. The normalized spacial score (nSPS) is 9.86. The largest absolute Gasteiger partial charge is 0.490 e. The number of ether oxygens (including phenoxy) is 2. The van der Waals surface area contributed by atoms with Gasteiger partial charge in [0, 0.05) is 5.56 Å². The minimum absolute atomic E-state index is 0.0251. The van der Waals surface area contributed by atoms with Gasteiger partial charge in [0.2, 0.25) is 0 Å². The van der Waals surface area contributed by atoms with Crippen LogP contribution in [0.25, 0.3) is 0 Å². The Morgan fingerprint density at radius 3 is 2.50 bits per heavy atom. The first-order valence-corrected chi connectivity index (χ1v) is 7.45. The molecule has 0 radical (unpaired) electrons. The number of hydrogen-bond donors (Lipinski definition) is 3. The van der Waals surface area contributed by atoms with Crippen molar-refractivity contribution in [1.29, 1.82) is 0 Å². The molecule has 7 nitrogen and oxygen atoms in total. The van der Waals surface area contributed by atoms with E-state index in [0.717, 1.165) is 0 Å². The summed E-state index contributed by atoms with van der Waals surface area (Å²) in [6, 6.07) is 4.90. The van der Waals surface area contributed by atoms with Gasteiger partial charge in [0.05, 0.1) is 17.7 Å². The number of nitrogens with one attached hydrogen (secondary N) is 3. The third kappa shape index (κ3) is 5.86. The summed E-state index contributed by atoms with van der Waals surface area (Å²) >= 11 is 8.20. The summed E-state index contributed by atoms with van der Waals surface area (Å²) in [4.78, 5) is 22.9. The number of halogens is 1. The van der Waals surface area contributed by atoms with Gasteiger partial charge in [0.1, 0.15) is 5.75 Å². The summed E-state index contributed by atoms with van der Waals surface area (Å²) < 4.78 is 10.6. The molecule has 0 saturated carbocycles. The Balaban J connectivity index is 2.64. The van der Waals surface area contributed by atoms with Crippen LogP contribution >= 0.6 is 28.1 Å². The van der Waals surface area contributed by atoms with Gasteiger partial charge < -0.3 is 9.47 Å². The van der Waals surface area contributed by atoms with E-state index < -0.39 is 12.0 Å². The predicted molar refractivity (Wildman–Crippen MR) is 88.6 cm³/mol. The van der Waals surface area contributed by atoms with E-state index in [0.29, 0.717) is 15.8 Å². The molecule has 0 atom stereocenters. The van der Waals surface area contributed by atoms with Crippen molar-refractivity contribution >= 4 is 45.3 Å². The monoisotopic (exact) mass is 389 g/mol. The number of hydrogen-bond acceptors (Lipinski definition) is 5. The highest BCUT2D eigenvalue weighted by molar-refractivity contribution is 9.10. The molecular weight excluding hydrogens is 374 g/mol. The standard InChI is InChI=1S/C13H16BrN3O4S/c1-7(2)21-10-5-4-8(6-9(10)14)11(18)15-12(22)16-17-13(19)20-3/h4-7H,1-3H3,(H,17,19)(H2,15,16,18,22). The zero-order valence-electron chi connectivity index (χ0n) is 12.2. The van der Waals surface area contributed by atoms with Crippen LogP contribution in [0.2, 0.25) is 0 Å². The van der Waals surface area contributed by atoms with Crippen LogP contribution in [0.3, 0.4) is 0 Å². The molecule has 1 rings (SSSR count). The minimum atomic E-state index is -0.727. The molecule has 0 aliphatic heterocycles. The maximum atomic E-state index is 12.0. The highest BCUT2D eigenvalue weighted by Crippen LogP contribution is 2.26. The molecule has 0 unspecified atom stereocenters. The zero-order chi connectivity index (χ0) is 16.7. The minimum Gasteiger partial charge on any atom is -0.490 e. The van der Waals surface area contributed by atoms with E-state index in [9.17, 15) is 9.59 Å². The average Bonchev–Trinajstić information content (AvgIpc) is 2.46. The molecule has 3 N–H and O–H groups in total. The molecule has 0 aromatic heterocycles. The van der Waals surface area contributed by atoms with Crippen molar-refractivity contribution in [2.45, 2.75) is 20.0 Å². The number of rotatable bonds is 3. The van der Waals surface area contributed by atoms with Gasteiger partial charge in [-0.15, -0.1) is 0 Å². The molecule has 0 spiro atoms. The van der Waals surface area contributed by atoms with Crippen LogP contribution in [0.4, 0.5) is 4.79 Å². The van der Waals surface area contributed by atoms with Gasteiger partial charge in [-0.2, -0.15) is 0 Å². The van der Waals surface area contributed by atoms with Gasteiger partial charge >= 0.3 is 6.09 Å². The maximum absolute atomic E-state index is 12.0. The van der Waals surface area contributed by atoms with Gasteiger partial charge in [-0.1, -0.05) is 0 Å². The third-order valence-corrected chi connectivity index (χ3v) is 3.07. The number of benzene rings is 1. The number of thiocarbonyl (C=S) groups is 1. The summed E-state index contributed by atoms with van der Waals surface area (Å²) in [6.07, 6.45) is -0.702. The second-order valence-corrected chi connectivity index (χ2v) is 5.60. The first kappa shape index (κ1) is 18.2. The second kappa shape index (κ2) is 8.54. The fourth-order valence-electron chi connectivity index (χ4n) is 1.36. The fourth-order valence-corrected chi connectivity index (χ4v) is 1.97. The molecule has 120 valence electrons. The summed E-state index contributed by atoms with van der Waals surface area (Å²) in [5.74, 6) is 0.209. The molecule has 1 aromatic carbocycles. The van der Waals surface area contributed by atoms with Crippen molar-refractivity contribution in [2.75, 3.05) is 7.11 Å². The third-order valence-electron chi connectivity index (χ3n) is 2.25. The molecule has 1 aromatic rings. The molecule has 0 bridgehead atoms. The van der Waals surface area contributed by atoms with Crippen LogP contribution in [0, 0.1) is 0 Å².